The van der Waals surface area contributed by atoms with Gasteiger partial charge in [-0.05, 0) is 18.9 Å². The molecular weight excluding hydrogens is 302 g/mol. The van der Waals surface area contributed by atoms with E-state index in [1.165, 1.54) is 71.1 Å². The molecule has 0 aromatic carbocycles. The minimum Gasteiger partial charge on any atom is -0.457 e. The molecule has 0 fully saturated rings. The zero-order valence-electron chi connectivity index (χ0n) is 15.8. The fraction of sp³-hybridized carbons (Fsp3) is 0.850. The van der Waals surface area contributed by atoms with Crippen molar-refractivity contribution in [3.8, 4) is 0 Å². The molecule has 0 amide bonds. The second-order valence-electron chi connectivity index (χ2n) is 6.67. The quantitative estimate of drug-likeness (QED) is 0.246. The maximum Gasteiger partial charge on any atom is 0.303 e. The van der Waals surface area contributed by atoms with Crippen molar-refractivity contribution in [2.45, 2.75) is 103 Å². The van der Waals surface area contributed by atoms with Crippen molar-refractivity contribution in [3.05, 3.63) is 12.2 Å². The summed E-state index contributed by atoms with van der Waals surface area (Å²) in [5.41, 5.74) is 5.73. The Morgan fingerprint density at radius 3 is 1.96 bits per heavy atom. The number of ether oxygens (including phenoxy) is 1. The van der Waals surface area contributed by atoms with Crippen LogP contribution < -0.4 is 5.73 Å². The van der Waals surface area contributed by atoms with Crippen LogP contribution in [0.25, 0.3) is 0 Å². The number of rotatable bonds is 16. The first-order chi connectivity index (χ1) is 11.6. The molecular formula is C20H39NO3. The van der Waals surface area contributed by atoms with Gasteiger partial charge < -0.3 is 15.6 Å². The number of aliphatic hydroxyl groups is 1. The predicted octanol–water partition coefficient (Wildman–Crippen LogP) is 4.50. The smallest absolute Gasteiger partial charge is 0.303 e. The van der Waals surface area contributed by atoms with Crippen LogP contribution in [0.3, 0.4) is 0 Å². The van der Waals surface area contributed by atoms with E-state index in [9.17, 15) is 4.79 Å². The van der Waals surface area contributed by atoms with Gasteiger partial charge in [0.25, 0.3) is 0 Å². The summed E-state index contributed by atoms with van der Waals surface area (Å²) in [5, 5.41) is 9.07. The Bertz CT molecular complexity index is 318. The molecule has 0 saturated carbocycles. The van der Waals surface area contributed by atoms with Crippen molar-refractivity contribution in [1.82, 2.24) is 0 Å². The molecule has 0 aliphatic heterocycles. The van der Waals surface area contributed by atoms with E-state index in [0.717, 1.165) is 12.8 Å². The molecule has 24 heavy (non-hydrogen) atoms. The molecule has 0 aromatic rings. The molecule has 0 heterocycles. The SMILES string of the molecule is CCCCCCCCCCCCC/C=C/C(OC(C)=O)C(N)CO. The van der Waals surface area contributed by atoms with Gasteiger partial charge in [-0.2, -0.15) is 0 Å². The van der Waals surface area contributed by atoms with Gasteiger partial charge in [-0.15, -0.1) is 0 Å². The van der Waals surface area contributed by atoms with Gasteiger partial charge >= 0.3 is 5.97 Å². The average Bonchev–Trinajstić information content (AvgIpc) is 2.56. The Hall–Kier alpha value is -0.870. The summed E-state index contributed by atoms with van der Waals surface area (Å²) in [6, 6.07) is -0.553. The summed E-state index contributed by atoms with van der Waals surface area (Å²) < 4.78 is 5.10. The van der Waals surface area contributed by atoms with E-state index in [1.54, 1.807) is 6.08 Å². The van der Waals surface area contributed by atoms with E-state index in [1.807, 2.05) is 6.08 Å². The first-order valence-corrected chi connectivity index (χ1v) is 9.82. The fourth-order valence-electron chi connectivity index (χ4n) is 2.72. The number of hydrogen-bond donors (Lipinski definition) is 2. The summed E-state index contributed by atoms with van der Waals surface area (Å²) in [6.07, 6.45) is 18.9. The lowest BCUT2D eigenvalue weighted by Crippen LogP contribution is -2.39. The Kier molecular flexibility index (Phi) is 16.4. The molecule has 0 aliphatic rings. The first kappa shape index (κ1) is 23.1. The van der Waals surface area contributed by atoms with Crippen molar-refractivity contribution in [3.63, 3.8) is 0 Å². The van der Waals surface area contributed by atoms with Crippen LogP contribution in [0.4, 0.5) is 0 Å². The zero-order valence-corrected chi connectivity index (χ0v) is 15.8. The Morgan fingerprint density at radius 2 is 1.50 bits per heavy atom. The van der Waals surface area contributed by atoms with Crippen molar-refractivity contribution in [2.24, 2.45) is 5.73 Å². The highest BCUT2D eigenvalue weighted by Gasteiger charge is 2.16. The van der Waals surface area contributed by atoms with Gasteiger partial charge in [0.05, 0.1) is 12.6 Å². The lowest BCUT2D eigenvalue weighted by molar-refractivity contribution is -0.145. The van der Waals surface area contributed by atoms with Crippen LogP contribution in [0.5, 0.6) is 0 Å². The summed E-state index contributed by atoms with van der Waals surface area (Å²) in [5.74, 6) is -0.372. The van der Waals surface area contributed by atoms with Gasteiger partial charge in [0.1, 0.15) is 6.10 Å². The summed E-state index contributed by atoms with van der Waals surface area (Å²) in [6.45, 7) is 3.42. The van der Waals surface area contributed by atoms with E-state index in [4.69, 9.17) is 15.6 Å². The largest absolute Gasteiger partial charge is 0.457 e. The predicted molar refractivity (Wildman–Crippen MR) is 101 cm³/mol. The van der Waals surface area contributed by atoms with Crippen LogP contribution in [0.2, 0.25) is 0 Å². The lowest BCUT2D eigenvalue weighted by atomic mass is 10.0. The zero-order chi connectivity index (χ0) is 18.0. The highest BCUT2D eigenvalue weighted by molar-refractivity contribution is 5.66. The molecule has 3 N–H and O–H groups in total. The fourth-order valence-corrected chi connectivity index (χ4v) is 2.72. The van der Waals surface area contributed by atoms with Crippen LogP contribution in [-0.4, -0.2) is 29.8 Å². The number of allylic oxidation sites excluding steroid dienone is 1. The van der Waals surface area contributed by atoms with Gasteiger partial charge in [0, 0.05) is 6.92 Å². The number of carbonyl (C=O) groups excluding carboxylic acids is 1. The minimum atomic E-state index is -0.553. The Labute approximate surface area is 148 Å². The van der Waals surface area contributed by atoms with Crippen molar-refractivity contribution in [2.75, 3.05) is 6.61 Å². The maximum atomic E-state index is 11.0. The highest BCUT2D eigenvalue weighted by Crippen LogP contribution is 2.12. The molecule has 0 bridgehead atoms. The van der Waals surface area contributed by atoms with Crippen LogP contribution in [0, 0.1) is 0 Å². The standard InChI is InChI=1S/C20H39NO3/c1-3-4-5-6-7-8-9-10-11-12-13-14-15-16-20(19(21)17-22)24-18(2)23/h15-16,19-20,22H,3-14,17,21H2,1-2H3/b16-15+. The highest BCUT2D eigenvalue weighted by atomic mass is 16.5. The van der Waals surface area contributed by atoms with Gasteiger partial charge in [-0.1, -0.05) is 77.2 Å². The van der Waals surface area contributed by atoms with Crippen LogP contribution in [0.1, 0.15) is 90.9 Å². The lowest BCUT2D eigenvalue weighted by Gasteiger charge is -2.18. The second-order valence-corrected chi connectivity index (χ2v) is 6.67. The van der Waals surface area contributed by atoms with E-state index >= 15 is 0 Å². The number of carbonyl (C=O) groups is 1. The molecule has 0 aliphatic carbocycles. The minimum absolute atomic E-state index is 0.194. The number of aliphatic hydroxyl groups excluding tert-OH is 1. The third kappa shape index (κ3) is 14.7. The third-order valence-corrected chi connectivity index (χ3v) is 4.23. The number of esters is 1. The molecule has 2 atom stereocenters. The molecule has 2 unspecified atom stereocenters. The summed E-state index contributed by atoms with van der Waals surface area (Å²) in [4.78, 5) is 11.0. The topological polar surface area (TPSA) is 72.5 Å². The Balaban J connectivity index is 3.54. The molecule has 0 radical (unpaired) electrons. The van der Waals surface area contributed by atoms with Crippen molar-refractivity contribution in [1.29, 1.82) is 0 Å². The van der Waals surface area contributed by atoms with Crippen LogP contribution in [-0.2, 0) is 9.53 Å². The first-order valence-electron chi connectivity index (χ1n) is 9.82. The monoisotopic (exact) mass is 341 g/mol. The molecule has 0 spiro atoms. The third-order valence-electron chi connectivity index (χ3n) is 4.23. The number of unbranched alkanes of at least 4 members (excludes halogenated alkanes) is 11. The van der Waals surface area contributed by atoms with Gasteiger partial charge in [0.15, 0.2) is 0 Å². The normalized spacial score (nSPS) is 14.0. The second kappa shape index (κ2) is 17.0. The summed E-state index contributed by atoms with van der Waals surface area (Å²) in [7, 11) is 0. The van der Waals surface area contributed by atoms with Gasteiger partial charge in [0.2, 0.25) is 0 Å². The molecule has 0 aromatic heterocycles. The molecule has 4 nitrogen and oxygen atoms in total. The van der Waals surface area contributed by atoms with Crippen LogP contribution >= 0.6 is 0 Å². The molecule has 0 rings (SSSR count). The van der Waals surface area contributed by atoms with Crippen molar-refractivity contribution >= 4 is 5.97 Å². The van der Waals surface area contributed by atoms with E-state index < -0.39 is 12.1 Å². The van der Waals surface area contributed by atoms with Crippen LogP contribution in [0.15, 0.2) is 12.2 Å². The van der Waals surface area contributed by atoms with Crippen molar-refractivity contribution < 1.29 is 14.6 Å². The van der Waals surface area contributed by atoms with E-state index in [0.29, 0.717) is 0 Å². The Morgan fingerprint density at radius 1 is 1.00 bits per heavy atom. The van der Waals surface area contributed by atoms with Gasteiger partial charge in [-0.25, -0.2) is 0 Å². The van der Waals surface area contributed by atoms with E-state index in [2.05, 4.69) is 6.92 Å². The van der Waals surface area contributed by atoms with Gasteiger partial charge in [-0.3, -0.25) is 4.79 Å². The molecule has 4 heteroatoms. The summed E-state index contributed by atoms with van der Waals surface area (Å²) >= 11 is 0. The van der Waals surface area contributed by atoms with E-state index in [-0.39, 0.29) is 12.6 Å². The number of hydrogen-bond acceptors (Lipinski definition) is 4. The maximum absolute atomic E-state index is 11.0. The molecule has 0 saturated heterocycles. The molecule has 142 valence electrons. The number of nitrogens with two attached hydrogens (primary N) is 1. The average molecular weight is 342 g/mol.